The van der Waals surface area contributed by atoms with E-state index in [1.165, 1.54) is 0 Å². The Balaban J connectivity index is 3.36. The molecule has 0 bridgehead atoms. The van der Waals surface area contributed by atoms with Gasteiger partial charge in [-0.1, -0.05) is 0 Å². The fourth-order valence-corrected chi connectivity index (χ4v) is 1.32. The highest BCUT2D eigenvalue weighted by Crippen LogP contribution is 1.96. The maximum absolute atomic E-state index is 11.4. The average molecular weight is 232 g/mol. The monoisotopic (exact) mass is 232 g/mol. The largest absolute Gasteiger partial charge is 0.385 e. The molecule has 0 spiro atoms. The number of methoxy groups -OCH3 is 2. The summed E-state index contributed by atoms with van der Waals surface area (Å²) in [5.41, 5.74) is 5.42. The van der Waals surface area contributed by atoms with E-state index in [1.807, 2.05) is 0 Å². The molecule has 0 heterocycles. The molecular weight excluding hydrogens is 208 g/mol. The zero-order chi connectivity index (χ0) is 12.2. The third kappa shape index (κ3) is 8.64. The van der Waals surface area contributed by atoms with Gasteiger partial charge in [0.05, 0.1) is 12.5 Å². The third-order valence-electron chi connectivity index (χ3n) is 2.36. The standard InChI is InChI=1S/C11H24N2O3/c1-15-7-5-3-4-6-13-11(14)8-10(9-12)16-2/h10H,3-9,12H2,1-2H3,(H,13,14). The highest BCUT2D eigenvalue weighted by molar-refractivity contribution is 5.76. The van der Waals surface area contributed by atoms with Crippen molar-refractivity contribution < 1.29 is 14.3 Å². The molecular formula is C11H24N2O3. The highest BCUT2D eigenvalue weighted by atomic mass is 16.5. The summed E-state index contributed by atoms with van der Waals surface area (Å²) in [5, 5.41) is 2.84. The number of hydrogen-bond acceptors (Lipinski definition) is 4. The maximum atomic E-state index is 11.4. The van der Waals surface area contributed by atoms with E-state index in [-0.39, 0.29) is 12.0 Å². The minimum absolute atomic E-state index is 0.00374. The van der Waals surface area contributed by atoms with E-state index in [4.69, 9.17) is 15.2 Å². The number of rotatable bonds is 10. The van der Waals surface area contributed by atoms with Gasteiger partial charge in [-0.25, -0.2) is 0 Å². The Morgan fingerprint density at radius 1 is 1.31 bits per heavy atom. The van der Waals surface area contributed by atoms with Crippen LogP contribution in [-0.2, 0) is 14.3 Å². The summed E-state index contributed by atoms with van der Waals surface area (Å²) in [6, 6.07) is 0. The Labute approximate surface area is 97.7 Å². The molecule has 3 N–H and O–H groups in total. The smallest absolute Gasteiger partial charge is 0.222 e. The second-order valence-electron chi connectivity index (χ2n) is 3.70. The molecule has 16 heavy (non-hydrogen) atoms. The molecule has 0 saturated carbocycles. The fraction of sp³-hybridized carbons (Fsp3) is 0.909. The van der Waals surface area contributed by atoms with Gasteiger partial charge in [0.15, 0.2) is 0 Å². The zero-order valence-electron chi connectivity index (χ0n) is 10.3. The van der Waals surface area contributed by atoms with E-state index < -0.39 is 0 Å². The van der Waals surface area contributed by atoms with Gasteiger partial charge in [-0.15, -0.1) is 0 Å². The van der Waals surface area contributed by atoms with Crippen molar-refractivity contribution in [3.05, 3.63) is 0 Å². The molecule has 5 nitrogen and oxygen atoms in total. The number of ether oxygens (including phenoxy) is 2. The molecule has 1 unspecified atom stereocenters. The van der Waals surface area contributed by atoms with Crippen molar-refractivity contribution in [1.29, 1.82) is 0 Å². The van der Waals surface area contributed by atoms with Crippen molar-refractivity contribution in [3.63, 3.8) is 0 Å². The Morgan fingerprint density at radius 3 is 2.62 bits per heavy atom. The number of nitrogens with two attached hydrogens (primary N) is 1. The van der Waals surface area contributed by atoms with Crippen molar-refractivity contribution >= 4 is 5.91 Å². The summed E-state index contributed by atoms with van der Waals surface area (Å²) >= 11 is 0. The lowest BCUT2D eigenvalue weighted by Gasteiger charge is -2.12. The van der Waals surface area contributed by atoms with Gasteiger partial charge in [0.1, 0.15) is 0 Å². The maximum Gasteiger partial charge on any atom is 0.222 e. The number of hydrogen-bond donors (Lipinski definition) is 2. The minimum Gasteiger partial charge on any atom is -0.385 e. The molecule has 96 valence electrons. The summed E-state index contributed by atoms with van der Waals surface area (Å²) in [5.74, 6) is 0.00374. The van der Waals surface area contributed by atoms with E-state index in [2.05, 4.69) is 5.32 Å². The van der Waals surface area contributed by atoms with Crippen LogP contribution < -0.4 is 11.1 Å². The lowest BCUT2D eigenvalue weighted by Crippen LogP contribution is -2.32. The molecule has 0 aromatic rings. The van der Waals surface area contributed by atoms with Crippen LogP contribution in [0.5, 0.6) is 0 Å². The van der Waals surface area contributed by atoms with Gasteiger partial charge in [0.25, 0.3) is 0 Å². The van der Waals surface area contributed by atoms with Gasteiger partial charge >= 0.3 is 0 Å². The molecule has 0 aliphatic carbocycles. The Bertz CT molecular complexity index is 173. The number of unbranched alkanes of at least 4 members (excludes halogenated alkanes) is 2. The number of nitrogens with one attached hydrogen (secondary N) is 1. The molecule has 1 amide bonds. The molecule has 0 fully saturated rings. The second-order valence-corrected chi connectivity index (χ2v) is 3.70. The van der Waals surface area contributed by atoms with Crippen molar-refractivity contribution in [2.45, 2.75) is 31.8 Å². The molecule has 1 atom stereocenters. The lowest BCUT2D eigenvalue weighted by atomic mass is 10.2. The van der Waals surface area contributed by atoms with Crippen LogP contribution in [0.15, 0.2) is 0 Å². The quantitative estimate of drug-likeness (QED) is 0.531. The van der Waals surface area contributed by atoms with Crippen molar-refractivity contribution in [2.24, 2.45) is 5.73 Å². The van der Waals surface area contributed by atoms with Gasteiger partial charge in [0, 0.05) is 33.9 Å². The molecule has 5 heteroatoms. The van der Waals surface area contributed by atoms with Gasteiger partial charge in [0.2, 0.25) is 5.91 Å². The average Bonchev–Trinajstić information content (AvgIpc) is 2.30. The molecule has 0 aliphatic heterocycles. The van der Waals surface area contributed by atoms with Gasteiger partial charge in [-0.05, 0) is 19.3 Å². The number of carbonyl (C=O) groups excluding carboxylic acids is 1. The summed E-state index contributed by atoms with van der Waals surface area (Å²) in [7, 11) is 3.26. The molecule has 0 rings (SSSR count). The normalized spacial score (nSPS) is 12.4. The first-order valence-electron chi connectivity index (χ1n) is 5.73. The second kappa shape index (κ2) is 10.9. The van der Waals surface area contributed by atoms with Gasteiger partial charge in [-0.2, -0.15) is 0 Å². The minimum atomic E-state index is -0.173. The molecule has 0 aliphatic rings. The van der Waals surface area contributed by atoms with Crippen LogP contribution in [-0.4, -0.2) is 45.9 Å². The first-order valence-corrected chi connectivity index (χ1v) is 5.73. The van der Waals surface area contributed by atoms with Crippen molar-refractivity contribution in [3.8, 4) is 0 Å². The van der Waals surface area contributed by atoms with Crippen molar-refractivity contribution in [1.82, 2.24) is 5.32 Å². The zero-order valence-corrected chi connectivity index (χ0v) is 10.3. The van der Waals surface area contributed by atoms with Gasteiger partial charge in [-0.3, -0.25) is 4.79 Å². The van der Waals surface area contributed by atoms with Crippen LogP contribution in [0, 0.1) is 0 Å². The van der Waals surface area contributed by atoms with Crippen LogP contribution in [0.4, 0.5) is 0 Å². The summed E-state index contributed by atoms with van der Waals surface area (Å²) in [6.07, 6.45) is 3.25. The predicted molar refractivity (Wildman–Crippen MR) is 63.2 cm³/mol. The van der Waals surface area contributed by atoms with Crippen LogP contribution in [0.3, 0.4) is 0 Å². The van der Waals surface area contributed by atoms with Crippen molar-refractivity contribution in [2.75, 3.05) is 33.9 Å². The fourth-order valence-electron chi connectivity index (χ4n) is 1.32. The molecule has 0 aromatic carbocycles. The lowest BCUT2D eigenvalue weighted by molar-refractivity contribution is -0.123. The molecule has 0 aromatic heterocycles. The first kappa shape index (κ1) is 15.3. The van der Waals surface area contributed by atoms with Crippen LogP contribution >= 0.6 is 0 Å². The summed E-state index contributed by atoms with van der Waals surface area (Å²) in [4.78, 5) is 11.4. The van der Waals surface area contributed by atoms with Crippen LogP contribution in [0.25, 0.3) is 0 Å². The van der Waals surface area contributed by atoms with E-state index in [0.717, 1.165) is 25.9 Å². The Morgan fingerprint density at radius 2 is 2.06 bits per heavy atom. The first-order chi connectivity index (χ1) is 7.74. The van der Waals surface area contributed by atoms with Crippen LogP contribution in [0.2, 0.25) is 0 Å². The summed E-state index contributed by atoms with van der Waals surface area (Å²) in [6.45, 7) is 1.87. The summed E-state index contributed by atoms with van der Waals surface area (Å²) < 4.78 is 9.96. The van der Waals surface area contributed by atoms with E-state index in [0.29, 0.717) is 19.5 Å². The van der Waals surface area contributed by atoms with E-state index in [9.17, 15) is 4.79 Å². The molecule has 0 radical (unpaired) electrons. The SMILES string of the molecule is COCCCCCNC(=O)CC(CN)OC. The Hall–Kier alpha value is -0.650. The topological polar surface area (TPSA) is 73.6 Å². The Kier molecular flexibility index (Phi) is 10.4. The highest BCUT2D eigenvalue weighted by Gasteiger charge is 2.10. The van der Waals surface area contributed by atoms with E-state index in [1.54, 1.807) is 14.2 Å². The third-order valence-corrected chi connectivity index (χ3v) is 2.36. The number of amides is 1. The number of carbonyl (C=O) groups is 1. The molecule has 0 saturated heterocycles. The van der Waals surface area contributed by atoms with E-state index >= 15 is 0 Å². The van der Waals surface area contributed by atoms with Gasteiger partial charge < -0.3 is 20.5 Å². The predicted octanol–water partition coefficient (Wildman–Crippen LogP) is 0.283. The van der Waals surface area contributed by atoms with Crippen LogP contribution in [0.1, 0.15) is 25.7 Å².